The number of rotatable bonds is 6. The Kier molecular flexibility index (Phi) is 5.72. The van der Waals surface area contributed by atoms with E-state index in [9.17, 15) is 4.79 Å². The number of carbonyl (C=O) groups excluding carboxylic acids is 1. The summed E-state index contributed by atoms with van der Waals surface area (Å²) in [5.41, 5.74) is 0.608. The smallest absolute Gasteiger partial charge is 0.319 e. The molecule has 0 saturated carbocycles. The number of anilines is 1. The largest absolute Gasteiger partial charge is 0.484 e. The summed E-state index contributed by atoms with van der Waals surface area (Å²) in [6.45, 7) is 4.98. The number of carbonyl (C=O) groups is 1. The molecule has 0 fully saturated rings. The van der Waals surface area contributed by atoms with Gasteiger partial charge < -0.3 is 19.8 Å². The monoisotopic (exact) mass is 322 g/mol. The Morgan fingerprint density at radius 3 is 2.82 bits per heavy atom. The van der Waals surface area contributed by atoms with Crippen molar-refractivity contribution < 1.29 is 13.9 Å². The van der Waals surface area contributed by atoms with Crippen molar-refractivity contribution in [3.8, 4) is 5.75 Å². The summed E-state index contributed by atoms with van der Waals surface area (Å²) in [5.74, 6) is 1.64. The Hall–Kier alpha value is -2.14. The highest BCUT2D eigenvalue weighted by Crippen LogP contribution is 2.28. The van der Waals surface area contributed by atoms with Crippen molar-refractivity contribution in [2.24, 2.45) is 5.92 Å². The lowest BCUT2D eigenvalue weighted by Crippen LogP contribution is -2.31. The molecule has 2 aromatic rings. The summed E-state index contributed by atoms with van der Waals surface area (Å²) >= 11 is 6.15. The minimum absolute atomic E-state index is 0.256. The fraction of sp³-hybridized carbons (Fsp3) is 0.312. The van der Waals surface area contributed by atoms with E-state index in [2.05, 4.69) is 10.6 Å². The molecular formula is C16H19ClN2O3. The van der Waals surface area contributed by atoms with Gasteiger partial charge in [0.2, 0.25) is 0 Å². The third-order valence-corrected chi connectivity index (χ3v) is 3.11. The highest BCUT2D eigenvalue weighted by atomic mass is 35.5. The first-order chi connectivity index (χ1) is 10.5. The molecule has 0 unspecified atom stereocenters. The number of ether oxygens (including phenoxy) is 1. The fourth-order valence-corrected chi connectivity index (χ4v) is 1.95. The first-order valence-electron chi connectivity index (χ1n) is 7.04. The first kappa shape index (κ1) is 16.2. The van der Waals surface area contributed by atoms with Gasteiger partial charge >= 0.3 is 6.03 Å². The summed E-state index contributed by atoms with van der Waals surface area (Å²) in [7, 11) is 0. The number of halogens is 1. The average Bonchev–Trinajstić information content (AvgIpc) is 2.97. The number of amides is 2. The van der Waals surface area contributed by atoms with Crippen LogP contribution in [-0.2, 0) is 6.61 Å². The molecule has 0 aliphatic heterocycles. The lowest BCUT2D eigenvalue weighted by molar-refractivity contribution is 0.251. The third kappa shape index (κ3) is 5.00. The van der Waals surface area contributed by atoms with Gasteiger partial charge in [0.15, 0.2) is 0 Å². The third-order valence-electron chi connectivity index (χ3n) is 2.81. The topological polar surface area (TPSA) is 63.5 Å². The molecule has 0 atom stereocenters. The second-order valence-electron chi connectivity index (χ2n) is 5.24. The zero-order valence-electron chi connectivity index (χ0n) is 12.6. The molecule has 2 rings (SSSR count). The molecule has 1 aromatic carbocycles. The van der Waals surface area contributed by atoms with E-state index >= 15 is 0 Å². The Bertz CT molecular complexity index is 612. The van der Waals surface area contributed by atoms with Crippen LogP contribution in [0, 0.1) is 5.92 Å². The van der Waals surface area contributed by atoms with Crippen LogP contribution in [0.4, 0.5) is 10.5 Å². The van der Waals surface area contributed by atoms with Gasteiger partial charge in [0.05, 0.1) is 11.3 Å². The Labute approximate surface area is 134 Å². The van der Waals surface area contributed by atoms with Crippen LogP contribution in [0.15, 0.2) is 41.0 Å². The molecule has 5 nitrogen and oxygen atoms in total. The molecule has 2 N–H and O–H groups in total. The second kappa shape index (κ2) is 7.75. The highest BCUT2D eigenvalue weighted by Gasteiger charge is 2.07. The number of hydrogen-bond acceptors (Lipinski definition) is 3. The maximum Gasteiger partial charge on any atom is 0.319 e. The van der Waals surface area contributed by atoms with E-state index in [-0.39, 0.29) is 6.03 Å². The maximum absolute atomic E-state index is 11.7. The van der Waals surface area contributed by atoms with Gasteiger partial charge in [-0.25, -0.2) is 4.79 Å². The summed E-state index contributed by atoms with van der Waals surface area (Å²) in [5, 5.41) is 5.92. The molecule has 2 amide bonds. The van der Waals surface area contributed by atoms with Crippen molar-refractivity contribution in [1.29, 1.82) is 0 Å². The summed E-state index contributed by atoms with van der Waals surface area (Å²) < 4.78 is 10.8. The van der Waals surface area contributed by atoms with Crippen LogP contribution in [0.1, 0.15) is 19.6 Å². The van der Waals surface area contributed by atoms with Crippen molar-refractivity contribution in [3.05, 3.63) is 47.4 Å². The van der Waals surface area contributed by atoms with Crippen LogP contribution >= 0.6 is 11.6 Å². The van der Waals surface area contributed by atoms with E-state index in [0.29, 0.717) is 41.3 Å². The molecule has 22 heavy (non-hydrogen) atoms. The van der Waals surface area contributed by atoms with E-state index in [1.54, 1.807) is 30.5 Å². The normalized spacial score (nSPS) is 10.5. The Morgan fingerprint density at radius 2 is 2.18 bits per heavy atom. The summed E-state index contributed by atoms with van der Waals surface area (Å²) in [4.78, 5) is 11.7. The van der Waals surface area contributed by atoms with Crippen LogP contribution in [0.5, 0.6) is 5.75 Å². The zero-order chi connectivity index (χ0) is 15.9. The highest BCUT2D eigenvalue weighted by molar-refractivity contribution is 6.32. The molecule has 0 aliphatic rings. The Morgan fingerprint density at radius 1 is 1.36 bits per heavy atom. The quantitative estimate of drug-likeness (QED) is 0.834. The average molecular weight is 323 g/mol. The minimum Gasteiger partial charge on any atom is -0.484 e. The van der Waals surface area contributed by atoms with Gasteiger partial charge in [-0.1, -0.05) is 25.4 Å². The van der Waals surface area contributed by atoms with E-state index in [4.69, 9.17) is 20.8 Å². The number of hydrogen-bond donors (Lipinski definition) is 2. The van der Waals surface area contributed by atoms with Crippen molar-refractivity contribution in [1.82, 2.24) is 5.32 Å². The molecule has 0 spiro atoms. The van der Waals surface area contributed by atoms with E-state index in [0.717, 1.165) is 0 Å². The molecule has 1 heterocycles. The molecule has 118 valence electrons. The van der Waals surface area contributed by atoms with Crippen LogP contribution < -0.4 is 15.4 Å². The van der Waals surface area contributed by atoms with Crippen molar-refractivity contribution >= 4 is 23.3 Å². The molecule has 0 radical (unpaired) electrons. The predicted molar refractivity (Wildman–Crippen MR) is 86.4 cm³/mol. The number of urea groups is 1. The van der Waals surface area contributed by atoms with Gasteiger partial charge in [0.25, 0.3) is 0 Å². The van der Waals surface area contributed by atoms with Crippen LogP contribution in [0.3, 0.4) is 0 Å². The van der Waals surface area contributed by atoms with Gasteiger partial charge in [0, 0.05) is 12.2 Å². The van der Waals surface area contributed by atoms with Gasteiger partial charge in [-0.15, -0.1) is 0 Å². The van der Waals surface area contributed by atoms with Crippen molar-refractivity contribution in [3.63, 3.8) is 0 Å². The molecule has 0 saturated heterocycles. The minimum atomic E-state index is -0.256. The standard InChI is InChI=1S/C16H19ClN2O3/c1-11(2)9-18-16(20)19-12-5-6-15(14(17)8-12)22-10-13-4-3-7-21-13/h3-8,11H,9-10H2,1-2H3,(H2,18,19,20). The van der Waals surface area contributed by atoms with E-state index in [1.165, 1.54) is 0 Å². The number of nitrogens with one attached hydrogen (secondary N) is 2. The second-order valence-corrected chi connectivity index (χ2v) is 5.65. The van der Waals surface area contributed by atoms with Crippen molar-refractivity contribution in [2.45, 2.75) is 20.5 Å². The SMILES string of the molecule is CC(C)CNC(=O)Nc1ccc(OCc2ccco2)c(Cl)c1. The zero-order valence-corrected chi connectivity index (χ0v) is 13.3. The lowest BCUT2D eigenvalue weighted by Gasteiger charge is -2.11. The Balaban J connectivity index is 1.90. The first-order valence-corrected chi connectivity index (χ1v) is 7.42. The van der Waals surface area contributed by atoms with Crippen molar-refractivity contribution in [2.75, 3.05) is 11.9 Å². The van der Waals surface area contributed by atoms with Gasteiger partial charge in [-0.2, -0.15) is 0 Å². The van der Waals surface area contributed by atoms with Gasteiger partial charge in [-0.05, 0) is 36.2 Å². The van der Waals surface area contributed by atoms with Crippen LogP contribution in [0.25, 0.3) is 0 Å². The van der Waals surface area contributed by atoms with Crippen LogP contribution in [0.2, 0.25) is 5.02 Å². The fourth-order valence-electron chi connectivity index (χ4n) is 1.71. The van der Waals surface area contributed by atoms with Crippen LogP contribution in [-0.4, -0.2) is 12.6 Å². The maximum atomic E-state index is 11.7. The molecule has 1 aromatic heterocycles. The molecule has 0 aliphatic carbocycles. The number of benzene rings is 1. The van der Waals surface area contributed by atoms with Gasteiger partial charge in [-0.3, -0.25) is 0 Å². The predicted octanol–water partition coefficient (Wildman–Crippen LogP) is 4.29. The lowest BCUT2D eigenvalue weighted by atomic mass is 10.2. The summed E-state index contributed by atoms with van der Waals surface area (Å²) in [6.07, 6.45) is 1.59. The van der Waals surface area contributed by atoms with E-state index < -0.39 is 0 Å². The summed E-state index contributed by atoms with van der Waals surface area (Å²) in [6, 6.07) is 8.45. The van der Waals surface area contributed by atoms with Gasteiger partial charge in [0.1, 0.15) is 18.1 Å². The van der Waals surface area contributed by atoms with E-state index in [1.807, 2.05) is 19.9 Å². The number of furan rings is 1. The molecule has 6 heteroatoms. The molecular weight excluding hydrogens is 304 g/mol. The molecule has 0 bridgehead atoms.